The number of hydrogen-bond acceptors (Lipinski definition) is 4. The summed E-state index contributed by atoms with van der Waals surface area (Å²) in [5.74, 6) is 0.285. The molecule has 1 unspecified atom stereocenters. The van der Waals surface area contributed by atoms with Gasteiger partial charge >= 0.3 is 5.97 Å². The number of rotatable bonds is 8. The van der Waals surface area contributed by atoms with Gasteiger partial charge in [-0.1, -0.05) is 65.2 Å². The Kier molecular flexibility index (Phi) is 8.14. The maximum absolute atomic E-state index is 11.8. The number of aromatic nitrogens is 2. The Bertz CT molecular complexity index is 1390. The summed E-state index contributed by atoms with van der Waals surface area (Å²) in [6.45, 7) is 2.05. The third-order valence-corrected chi connectivity index (χ3v) is 6.60. The number of methoxy groups -OCH3 is 2. The Balaban J connectivity index is 1.78. The van der Waals surface area contributed by atoms with E-state index in [9.17, 15) is 4.79 Å². The molecule has 4 aromatic rings. The maximum Gasteiger partial charge on any atom is 0.330 e. The summed E-state index contributed by atoms with van der Waals surface area (Å²) in [5.41, 5.74) is 5.72. The topological polar surface area (TPSA) is 53.4 Å². The van der Waals surface area contributed by atoms with E-state index in [4.69, 9.17) is 37.8 Å². The minimum absolute atomic E-state index is 0.0788. The van der Waals surface area contributed by atoms with Crippen LogP contribution in [-0.2, 0) is 16.0 Å². The minimum atomic E-state index is -0.395. The second-order valence-corrected chi connectivity index (χ2v) is 9.18. The molecule has 1 atom stereocenters. The molecule has 3 aromatic carbocycles. The molecule has 4 rings (SSSR count). The highest BCUT2D eigenvalue weighted by Crippen LogP contribution is 2.32. The normalized spacial score (nSPS) is 12.0. The lowest BCUT2D eigenvalue weighted by molar-refractivity contribution is -0.134. The van der Waals surface area contributed by atoms with Crippen LogP contribution in [0.2, 0.25) is 10.0 Å². The number of hydrogen-bond donors (Lipinski definition) is 0. The number of esters is 1. The largest absolute Gasteiger partial charge is 0.497 e. The van der Waals surface area contributed by atoms with Gasteiger partial charge in [-0.15, -0.1) is 0 Å². The summed E-state index contributed by atoms with van der Waals surface area (Å²) in [6, 6.07) is 23.5. The van der Waals surface area contributed by atoms with E-state index in [2.05, 4.69) is 12.1 Å². The zero-order chi connectivity index (χ0) is 25.7. The quantitative estimate of drug-likeness (QED) is 0.182. The van der Waals surface area contributed by atoms with Gasteiger partial charge in [-0.2, -0.15) is 5.10 Å². The molecule has 0 N–H and O–H groups in total. The van der Waals surface area contributed by atoms with Crippen LogP contribution in [0.3, 0.4) is 0 Å². The van der Waals surface area contributed by atoms with Crippen LogP contribution in [-0.4, -0.2) is 30.0 Å². The van der Waals surface area contributed by atoms with Gasteiger partial charge in [0.25, 0.3) is 0 Å². The van der Waals surface area contributed by atoms with Crippen molar-refractivity contribution in [2.24, 2.45) is 0 Å². The summed E-state index contributed by atoms with van der Waals surface area (Å²) in [5, 5.41) is 5.91. The van der Waals surface area contributed by atoms with Gasteiger partial charge in [0.15, 0.2) is 0 Å². The fourth-order valence-corrected chi connectivity index (χ4v) is 4.30. The highest BCUT2D eigenvalue weighted by atomic mass is 35.5. The molecule has 7 heteroatoms. The van der Waals surface area contributed by atoms with Crippen molar-refractivity contribution in [2.45, 2.75) is 19.3 Å². The molecule has 0 fully saturated rings. The van der Waals surface area contributed by atoms with Crippen molar-refractivity contribution in [3.63, 3.8) is 0 Å². The average Bonchev–Trinajstić information content (AvgIpc) is 3.31. The number of aryl methyl sites for hydroxylation is 1. The molecule has 1 aromatic heterocycles. The van der Waals surface area contributed by atoms with E-state index in [1.807, 2.05) is 72.3 Å². The molecule has 0 saturated carbocycles. The van der Waals surface area contributed by atoms with Gasteiger partial charge < -0.3 is 9.47 Å². The van der Waals surface area contributed by atoms with Crippen LogP contribution in [0, 0.1) is 6.92 Å². The molecule has 1 heterocycles. The van der Waals surface area contributed by atoms with Crippen molar-refractivity contribution in [2.75, 3.05) is 14.2 Å². The predicted octanol–water partition coefficient (Wildman–Crippen LogP) is 7.22. The third kappa shape index (κ3) is 5.99. The van der Waals surface area contributed by atoms with Gasteiger partial charge in [0.1, 0.15) is 5.75 Å². The van der Waals surface area contributed by atoms with Gasteiger partial charge in [0.2, 0.25) is 0 Å². The number of nitrogens with zero attached hydrogens (tertiary/aromatic N) is 2. The van der Waals surface area contributed by atoms with Crippen LogP contribution in [0.5, 0.6) is 5.75 Å². The number of halogens is 2. The van der Waals surface area contributed by atoms with E-state index < -0.39 is 5.97 Å². The van der Waals surface area contributed by atoms with Crippen molar-refractivity contribution >= 4 is 29.2 Å². The van der Waals surface area contributed by atoms with E-state index in [0.717, 1.165) is 39.5 Å². The summed E-state index contributed by atoms with van der Waals surface area (Å²) in [4.78, 5) is 11.8. The number of carbonyl (C=O) groups excluding carboxylic acids is 1. The monoisotopic (exact) mass is 520 g/mol. The van der Waals surface area contributed by atoms with Crippen LogP contribution in [0.1, 0.15) is 22.7 Å². The van der Waals surface area contributed by atoms with Crippen LogP contribution in [0.4, 0.5) is 0 Å². The van der Waals surface area contributed by atoms with Crippen molar-refractivity contribution in [3.8, 4) is 22.7 Å². The molecule has 0 spiro atoms. The second-order valence-electron chi connectivity index (χ2n) is 8.37. The lowest BCUT2D eigenvalue weighted by atomic mass is 9.92. The molecule has 36 heavy (non-hydrogen) atoms. The van der Waals surface area contributed by atoms with Crippen LogP contribution >= 0.6 is 23.2 Å². The standard InChI is InChI=1S/C29H26Cl2N2O3/c1-19-5-4-6-20(15-19)21(8-14-29(34)36-3)16-23-18-28(22-7-13-26(30)27(31)17-22)33(32-23)24-9-11-25(35-2)12-10-24/h4-15,17-18,21H,16H2,1-3H3. The average molecular weight is 521 g/mol. The van der Waals surface area contributed by atoms with Gasteiger partial charge in [-0.3, -0.25) is 0 Å². The van der Waals surface area contributed by atoms with E-state index >= 15 is 0 Å². The van der Waals surface area contributed by atoms with Crippen molar-refractivity contribution in [1.82, 2.24) is 9.78 Å². The first-order chi connectivity index (χ1) is 17.4. The maximum atomic E-state index is 11.8. The van der Waals surface area contributed by atoms with Crippen molar-refractivity contribution in [3.05, 3.63) is 112 Å². The van der Waals surface area contributed by atoms with E-state index in [1.165, 1.54) is 13.2 Å². The summed E-state index contributed by atoms with van der Waals surface area (Å²) < 4.78 is 12.0. The molecule has 0 aliphatic rings. The third-order valence-electron chi connectivity index (χ3n) is 5.86. The highest BCUT2D eigenvalue weighted by molar-refractivity contribution is 6.42. The number of allylic oxidation sites excluding steroid dienone is 1. The first-order valence-corrected chi connectivity index (χ1v) is 12.1. The summed E-state index contributed by atoms with van der Waals surface area (Å²) in [7, 11) is 3.00. The molecule has 5 nitrogen and oxygen atoms in total. The molecule has 184 valence electrons. The Labute approximate surface area is 220 Å². The fourth-order valence-electron chi connectivity index (χ4n) is 4.00. The zero-order valence-corrected chi connectivity index (χ0v) is 21.8. The Morgan fingerprint density at radius 2 is 1.78 bits per heavy atom. The lowest BCUT2D eigenvalue weighted by Crippen LogP contribution is -2.04. The van der Waals surface area contributed by atoms with Crippen LogP contribution < -0.4 is 4.74 Å². The molecule has 0 bridgehead atoms. The summed E-state index contributed by atoms with van der Waals surface area (Å²) in [6.07, 6.45) is 3.91. The second kappa shape index (κ2) is 11.5. The van der Waals surface area contributed by atoms with Crippen molar-refractivity contribution < 1.29 is 14.3 Å². The minimum Gasteiger partial charge on any atom is -0.497 e. The van der Waals surface area contributed by atoms with E-state index in [-0.39, 0.29) is 5.92 Å². The number of benzene rings is 3. The number of carbonyl (C=O) groups is 1. The van der Waals surface area contributed by atoms with Crippen LogP contribution in [0.15, 0.2) is 84.9 Å². The van der Waals surface area contributed by atoms with Gasteiger partial charge in [-0.05, 0) is 55.0 Å². The summed E-state index contributed by atoms with van der Waals surface area (Å²) >= 11 is 12.5. The molecule has 0 amide bonds. The van der Waals surface area contributed by atoms with Crippen LogP contribution in [0.25, 0.3) is 16.9 Å². The first-order valence-electron chi connectivity index (χ1n) is 11.4. The van der Waals surface area contributed by atoms with Gasteiger partial charge in [0.05, 0.1) is 41.3 Å². The van der Waals surface area contributed by atoms with E-state index in [0.29, 0.717) is 16.5 Å². The van der Waals surface area contributed by atoms with Gasteiger partial charge in [-0.25, -0.2) is 9.48 Å². The molecular formula is C29H26Cl2N2O3. The Hall–Kier alpha value is -3.54. The van der Waals surface area contributed by atoms with E-state index in [1.54, 1.807) is 13.2 Å². The Morgan fingerprint density at radius 1 is 1.00 bits per heavy atom. The fraction of sp³-hybridized carbons (Fsp3) is 0.172. The molecule has 0 aliphatic carbocycles. The smallest absolute Gasteiger partial charge is 0.330 e. The lowest BCUT2D eigenvalue weighted by Gasteiger charge is -2.13. The predicted molar refractivity (Wildman–Crippen MR) is 144 cm³/mol. The van der Waals surface area contributed by atoms with Crippen molar-refractivity contribution in [1.29, 1.82) is 0 Å². The number of ether oxygens (including phenoxy) is 2. The molecule has 0 radical (unpaired) electrons. The SMILES string of the molecule is COC(=O)C=CC(Cc1cc(-c2ccc(Cl)c(Cl)c2)n(-c2ccc(OC)cc2)n1)c1cccc(C)c1. The molecule has 0 aliphatic heterocycles. The van der Waals surface area contributed by atoms with Gasteiger partial charge in [0, 0.05) is 24.0 Å². The molecular weight excluding hydrogens is 495 g/mol. The zero-order valence-electron chi connectivity index (χ0n) is 20.2. The highest BCUT2D eigenvalue weighted by Gasteiger charge is 2.17. The first kappa shape index (κ1) is 25.5. The molecule has 0 saturated heterocycles. The Morgan fingerprint density at radius 3 is 2.44 bits per heavy atom.